The number of nitrogens with one attached hydrogen (secondary N) is 1. The maximum Gasteiger partial charge on any atom is 0.266 e. The largest absolute Gasteiger partial charge is 0.398 e. The van der Waals surface area contributed by atoms with Gasteiger partial charge in [-0.3, -0.25) is 4.72 Å². The van der Waals surface area contributed by atoms with Gasteiger partial charge in [-0.05, 0) is 28.1 Å². The molecule has 0 aliphatic heterocycles. The first-order valence-electron chi connectivity index (χ1n) is 5.04. The Kier molecular flexibility index (Phi) is 4.11. The average Bonchev–Trinajstić information content (AvgIpc) is 2.33. The fourth-order valence-electron chi connectivity index (χ4n) is 1.33. The van der Waals surface area contributed by atoms with Crippen LogP contribution in [-0.2, 0) is 10.0 Å². The van der Waals surface area contributed by atoms with Crippen LogP contribution in [0.25, 0.3) is 0 Å². The van der Waals surface area contributed by atoms with Crippen LogP contribution in [0.15, 0.2) is 33.9 Å². The number of halogens is 3. The Hall–Kier alpha value is -1.45. The molecule has 0 unspecified atom stereocenters. The van der Waals surface area contributed by atoms with E-state index in [2.05, 4.69) is 30.6 Å². The molecule has 0 amide bonds. The topological polar surface area (TPSA) is 98.0 Å². The second kappa shape index (κ2) is 5.51. The van der Waals surface area contributed by atoms with Crippen molar-refractivity contribution >= 4 is 49.1 Å². The van der Waals surface area contributed by atoms with Gasteiger partial charge in [0.05, 0.1) is 0 Å². The van der Waals surface area contributed by atoms with Crippen LogP contribution >= 0.6 is 27.5 Å². The zero-order valence-corrected chi connectivity index (χ0v) is 12.8. The van der Waals surface area contributed by atoms with Crippen LogP contribution in [0.5, 0.6) is 0 Å². The van der Waals surface area contributed by atoms with Crippen molar-refractivity contribution in [2.45, 2.75) is 4.90 Å². The standard InChI is InChI=1S/C10H7BrClFN4O2S/c11-5-1-6(13)8(2-7(5)14)20(18,19)17-10-3-9(12)15-4-16-10/h1-4H,14H2,(H,15,16,17). The third-order valence-corrected chi connectivity index (χ3v) is 4.48. The van der Waals surface area contributed by atoms with E-state index in [1.54, 1.807) is 0 Å². The Morgan fingerprint density at radius 2 is 2.00 bits per heavy atom. The first kappa shape index (κ1) is 14.9. The summed E-state index contributed by atoms with van der Waals surface area (Å²) in [4.78, 5) is 6.69. The second-order valence-corrected chi connectivity index (χ2v) is 6.53. The van der Waals surface area contributed by atoms with E-state index in [0.717, 1.165) is 18.5 Å². The van der Waals surface area contributed by atoms with E-state index < -0.39 is 20.7 Å². The van der Waals surface area contributed by atoms with Crippen molar-refractivity contribution in [3.05, 3.63) is 40.0 Å². The molecule has 0 saturated heterocycles. The zero-order valence-electron chi connectivity index (χ0n) is 9.64. The van der Waals surface area contributed by atoms with Crippen molar-refractivity contribution in [3.63, 3.8) is 0 Å². The van der Waals surface area contributed by atoms with Gasteiger partial charge in [0.2, 0.25) is 0 Å². The monoisotopic (exact) mass is 380 g/mol. The molecular formula is C10H7BrClFN4O2S. The number of nitrogen functional groups attached to an aromatic ring is 1. The summed E-state index contributed by atoms with van der Waals surface area (Å²) >= 11 is 8.62. The summed E-state index contributed by atoms with van der Waals surface area (Å²) in [5.74, 6) is -1.02. The number of anilines is 2. The first-order chi connectivity index (χ1) is 9.29. The van der Waals surface area contributed by atoms with Gasteiger partial charge in [0.1, 0.15) is 28.0 Å². The highest BCUT2D eigenvalue weighted by Crippen LogP contribution is 2.27. The summed E-state index contributed by atoms with van der Waals surface area (Å²) in [6.45, 7) is 0. The Balaban J connectivity index is 2.43. The van der Waals surface area contributed by atoms with E-state index in [4.69, 9.17) is 17.3 Å². The smallest absolute Gasteiger partial charge is 0.266 e. The van der Waals surface area contributed by atoms with Crippen LogP contribution in [0.4, 0.5) is 15.9 Å². The van der Waals surface area contributed by atoms with Crippen LogP contribution < -0.4 is 10.5 Å². The molecule has 10 heteroatoms. The minimum absolute atomic E-state index is 0.0495. The molecule has 0 aliphatic carbocycles. The van der Waals surface area contributed by atoms with Gasteiger partial charge in [-0.15, -0.1) is 0 Å². The van der Waals surface area contributed by atoms with Crippen LogP contribution in [0.3, 0.4) is 0 Å². The molecule has 0 saturated carbocycles. The average molecular weight is 382 g/mol. The minimum atomic E-state index is -4.17. The van der Waals surface area contributed by atoms with E-state index in [9.17, 15) is 12.8 Å². The summed E-state index contributed by atoms with van der Waals surface area (Å²) in [5.41, 5.74) is 5.64. The minimum Gasteiger partial charge on any atom is -0.398 e. The highest BCUT2D eigenvalue weighted by atomic mass is 79.9. The van der Waals surface area contributed by atoms with Crippen molar-refractivity contribution in [1.82, 2.24) is 9.97 Å². The zero-order chi connectivity index (χ0) is 14.9. The van der Waals surface area contributed by atoms with E-state index >= 15 is 0 Å². The highest BCUT2D eigenvalue weighted by Gasteiger charge is 2.21. The van der Waals surface area contributed by atoms with E-state index in [1.807, 2.05) is 0 Å². The first-order valence-corrected chi connectivity index (χ1v) is 7.70. The summed E-state index contributed by atoms with van der Waals surface area (Å²) in [6.07, 6.45) is 1.08. The maximum atomic E-state index is 13.7. The number of sulfonamides is 1. The Bertz CT molecular complexity index is 772. The molecule has 0 radical (unpaired) electrons. The third kappa shape index (κ3) is 3.17. The normalized spacial score (nSPS) is 11.3. The lowest BCUT2D eigenvalue weighted by atomic mass is 10.3. The Morgan fingerprint density at radius 1 is 1.30 bits per heavy atom. The molecule has 106 valence electrons. The summed E-state index contributed by atoms with van der Waals surface area (Å²) < 4.78 is 40.2. The SMILES string of the molecule is Nc1cc(S(=O)(=O)Nc2cc(Cl)ncn2)c(F)cc1Br. The van der Waals surface area contributed by atoms with Crippen LogP contribution in [0, 0.1) is 5.82 Å². The van der Waals surface area contributed by atoms with Crippen molar-refractivity contribution in [3.8, 4) is 0 Å². The van der Waals surface area contributed by atoms with Crippen molar-refractivity contribution < 1.29 is 12.8 Å². The fourth-order valence-corrected chi connectivity index (χ4v) is 2.89. The van der Waals surface area contributed by atoms with Crippen molar-refractivity contribution in [1.29, 1.82) is 0 Å². The molecular weight excluding hydrogens is 375 g/mol. The lowest BCUT2D eigenvalue weighted by Crippen LogP contribution is -2.16. The quantitative estimate of drug-likeness (QED) is 0.628. The number of nitrogens with zero attached hydrogens (tertiary/aromatic N) is 2. The van der Waals surface area contributed by atoms with Gasteiger partial charge in [-0.25, -0.2) is 22.8 Å². The molecule has 2 rings (SSSR count). The molecule has 0 fully saturated rings. The van der Waals surface area contributed by atoms with Crippen LogP contribution in [-0.4, -0.2) is 18.4 Å². The van der Waals surface area contributed by atoms with Crippen LogP contribution in [0.1, 0.15) is 0 Å². The molecule has 2 aromatic rings. The van der Waals surface area contributed by atoms with Crippen molar-refractivity contribution in [2.75, 3.05) is 10.5 Å². The van der Waals surface area contributed by atoms with Gasteiger partial charge in [-0.1, -0.05) is 11.6 Å². The number of rotatable bonds is 3. The fraction of sp³-hybridized carbons (Fsp3) is 0. The molecule has 0 spiro atoms. The Labute approximate surface area is 127 Å². The van der Waals surface area contributed by atoms with E-state index in [-0.39, 0.29) is 21.1 Å². The second-order valence-electron chi connectivity index (χ2n) is 3.64. The molecule has 20 heavy (non-hydrogen) atoms. The Morgan fingerprint density at radius 3 is 2.65 bits per heavy atom. The number of benzene rings is 1. The van der Waals surface area contributed by atoms with Gasteiger partial charge in [0, 0.05) is 16.2 Å². The van der Waals surface area contributed by atoms with Gasteiger partial charge in [-0.2, -0.15) is 0 Å². The number of nitrogens with two attached hydrogens (primary N) is 1. The lowest BCUT2D eigenvalue weighted by Gasteiger charge is -2.09. The van der Waals surface area contributed by atoms with Gasteiger partial charge in [0.25, 0.3) is 10.0 Å². The predicted octanol–water partition coefficient (Wildman–Crippen LogP) is 2.41. The summed E-state index contributed by atoms with van der Waals surface area (Å²) in [6, 6.07) is 3.17. The molecule has 1 aromatic carbocycles. The predicted molar refractivity (Wildman–Crippen MR) is 76.4 cm³/mol. The highest BCUT2D eigenvalue weighted by molar-refractivity contribution is 9.10. The molecule has 0 atom stereocenters. The third-order valence-electron chi connectivity index (χ3n) is 2.21. The molecule has 3 N–H and O–H groups in total. The lowest BCUT2D eigenvalue weighted by molar-refractivity contribution is 0.570. The van der Waals surface area contributed by atoms with Gasteiger partial charge in [0.15, 0.2) is 0 Å². The van der Waals surface area contributed by atoms with E-state index in [1.165, 1.54) is 6.07 Å². The molecule has 0 aliphatic rings. The molecule has 0 bridgehead atoms. The number of hydrogen-bond acceptors (Lipinski definition) is 5. The molecule has 1 aromatic heterocycles. The number of aromatic nitrogens is 2. The summed E-state index contributed by atoms with van der Waals surface area (Å²) in [7, 11) is -4.17. The molecule has 1 heterocycles. The number of hydrogen-bond donors (Lipinski definition) is 2. The maximum absolute atomic E-state index is 13.7. The van der Waals surface area contributed by atoms with Crippen LogP contribution in [0.2, 0.25) is 5.15 Å². The van der Waals surface area contributed by atoms with E-state index in [0.29, 0.717) is 0 Å². The van der Waals surface area contributed by atoms with Gasteiger partial charge < -0.3 is 5.73 Å². The van der Waals surface area contributed by atoms with Gasteiger partial charge >= 0.3 is 0 Å². The molecule has 6 nitrogen and oxygen atoms in total. The van der Waals surface area contributed by atoms with Crippen molar-refractivity contribution in [2.24, 2.45) is 0 Å². The summed E-state index contributed by atoms with van der Waals surface area (Å²) in [5, 5.41) is 0.0495.